The summed E-state index contributed by atoms with van der Waals surface area (Å²) in [4.78, 5) is 0. The van der Waals surface area contributed by atoms with Crippen LogP contribution in [0.15, 0.2) is 30.3 Å². The van der Waals surface area contributed by atoms with Gasteiger partial charge < -0.3 is 9.84 Å². The summed E-state index contributed by atoms with van der Waals surface area (Å²) in [5, 5.41) is 10.6. The lowest BCUT2D eigenvalue weighted by molar-refractivity contribution is 0.173. The van der Waals surface area contributed by atoms with Gasteiger partial charge in [-0.25, -0.2) is 0 Å². The van der Waals surface area contributed by atoms with E-state index in [4.69, 9.17) is 4.74 Å². The average molecular weight is 284 g/mol. The van der Waals surface area contributed by atoms with Gasteiger partial charge in [-0.2, -0.15) is 0 Å². The SMILES string of the molecule is COc1c(C(O)Cc2cc(C)ccc2C)ccc(C)c1C. The molecule has 112 valence electrons. The molecule has 2 aromatic rings. The van der Waals surface area contributed by atoms with E-state index in [1.165, 1.54) is 22.3 Å². The van der Waals surface area contributed by atoms with E-state index in [1.807, 2.05) is 19.1 Å². The third kappa shape index (κ3) is 3.27. The van der Waals surface area contributed by atoms with E-state index in [-0.39, 0.29) is 0 Å². The monoisotopic (exact) mass is 284 g/mol. The lowest BCUT2D eigenvalue weighted by Crippen LogP contribution is -2.07. The smallest absolute Gasteiger partial charge is 0.127 e. The molecule has 0 heterocycles. The maximum Gasteiger partial charge on any atom is 0.127 e. The highest BCUT2D eigenvalue weighted by molar-refractivity contribution is 5.47. The Bertz CT molecular complexity index is 644. The molecule has 2 nitrogen and oxygen atoms in total. The fraction of sp³-hybridized carbons (Fsp3) is 0.368. The van der Waals surface area contributed by atoms with Crippen LogP contribution in [-0.4, -0.2) is 12.2 Å². The van der Waals surface area contributed by atoms with Crippen LogP contribution >= 0.6 is 0 Å². The van der Waals surface area contributed by atoms with Crippen molar-refractivity contribution in [3.63, 3.8) is 0 Å². The summed E-state index contributed by atoms with van der Waals surface area (Å²) in [5.41, 5.74) is 6.74. The molecule has 0 aliphatic carbocycles. The van der Waals surface area contributed by atoms with Crippen molar-refractivity contribution < 1.29 is 9.84 Å². The number of rotatable bonds is 4. The van der Waals surface area contributed by atoms with Crippen molar-refractivity contribution in [1.29, 1.82) is 0 Å². The Morgan fingerprint density at radius 2 is 1.67 bits per heavy atom. The highest BCUT2D eigenvalue weighted by Crippen LogP contribution is 2.32. The predicted molar refractivity (Wildman–Crippen MR) is 87.0 cm³/mol. The van der Waals surface area contributed by atoms with Gasteiger partial charge in [-0.3, -0.25) is 0 Å². The number of benzene rings is 2. The minimum Gasteiger partial charge on any atom is -0.496 e. The van der Waals surface area contributed by atoms with Gasteiger partial charge in [-0.15, -0.1) is 0 Å². The van der Waals surface area contributed by atoms with Gasteiger partial charge >= 0.3 is 0 Å². The van der Waals surface area contributed by atoms with E-state index in [9.17, 15) is 5.11 Å². The molecule has 0 aliphatic rings. The third-order valence-corrected chi connectivity index (χ3v) is 4.19. The number of aryl methyl sites for hydroxylation is 3. The Labute approximate surface area is 127 Å². The summed E-state index contributed by atoms with van der Waals surface area (Å²) >= 11 is 0. The molecule has 2 rings (SSSR count). The summed E-state index contributed by atoms with van der Waals surface area (Å²) in [6, 6.07) is 10.4. The summed E-state index contributed by atoms with van der Waals surface area (Å²) in [5.74, 6) is 0.799. The molecular formula is C19H24O2. The molecule has 0 aliphatic heterocycles. The zero-order valence-electron chi connectivity index (χ0n) is 13.5. The minimum absolute atomic E-state index is 0.556. The van der Waals surface area contributed by atoms with Crippen LogP contribution in [0.1, 0.15) is 39.5 Å². The Hall–Kier alpha value is -1.80. The molecule has 1 unspecified atom stereocenters. The van der Waals surface area contributed by atoms with Gasteiger partial charge in [-0.05, 0) is 49.9 Å². The first kappa shape index (κ1) is 15.6. The normalized spacial score (nSPS) is 12.3. The first-order valence-corrected chi connectivity index (χ1v) is 7.32. The average Bonchev–Trinajstić information content (AvgIpc) is 2.45. The molecule has 1 N–H and O–H groups in total. The lowest BCUT2D eigenvalue weighted by Gasteiger charge is -2.19. The Morgan fingerprint density at radius 3 is 2.33 bits per heavy atom. The molecule has 1 atom stereocenters. The number of methoxy groups -OCH3 is 1. The number of hydrogen-bond acceptors (Lipinski definition) is 2. The molecule has 0 amide bonds. The van der Waals surface area contributed by atoms with E-state index >= 15 is 0 Å². The van der Waals surface area contributed by atoms with Crippen LogP contribution in [0.25, 0.3) is 0 Å². The summed E-state index contributed by atoms with van der Waals surface area (Å²) in [7, 11) is 1.66. The van der Waals surface area contributed by atoms with Gasteiger partial charge in [0.2, 0.25) is 0 Å². The minimum atomic E-state index is -0.556. The predicted octanol–water partition coefficient (Wildman–Crippen LogP) is 4.20. The van der Waals surface area contributed by atoms with Crippen LogP contribution in [0.2, 0.25) is 0 Å². The van der Waals surface area contributed by atoms with Gasteiger partial charge in [0.1, 0.15) is 5.75 Å². The van der Waals surface area contributed by atoms with Crippen molar-refractivity contribution >= 4 is 0 Å². The fourth-order valence-corrected chi connectivity index (χ4v) is 2.68. The van der Waals surface area contributed by atoms with Crippen molar-refractivity contribution in [2.45, 2.75) is 40.2 Å². The van der Waals surface area contributed by atoms with Crippen molar-refractivity contribution in [1.82, 2.24) is 0 Å². The van der Waals surface area contributed by atoms with Crippen LogP contribution in [0, 0.1) is 27.7 Å². The quantitative estimate of drug-likeness (QED) is 0.911. The molecule has 2 aromatic carbocycles. The Kier molecular flexibility index (Phi) is 4.69. The maximum absolute atomic E-state index is 10.6. The molecular weight excluding hydrogens is 260 g/mol. The number of ether oxygens (including phenoxy) is 1. The van der Waals surface area contributed by atoms with Crippen LogP contribution in [0.5, 0.6) is 5.75 Å². The molecule has 0 fully saturated rings. The lowest BCUT2D eigenvalue weighted by atomic mass is 9.94. The molecule has 0 spiro atoms. The maximum atomic E-state index is 10.6. The largest absolute Gasteiger partial charge is 0.496 e. The Morgan fingerprint density at radius 1 is 1.00 bits per heavy atom. The number of hydrogen-bond donors (Lipinski definition) is 1. The van der Waals surface area contributed by atoms with E-state index in [2.05, 4.69) is 39.0 Å². The molecule has 0 aromatic heterocycles. The summed E-state index contributed by atoms with van der Waals surface area (Å²) in [6.45, 7) is 8.24. The van der Waals surface area contributed by atoms with Crippen molar-refractivity contribution in [3.8, 4) is 5.75 Å². The van der Waals surface area contributed by atoms with E-state index in [1.54, 1.807) is 7.11 Å². The molecule has 0 saturated carbocycles. The van der Waals surface area contributed by atoms with E-state index in [0.29, 0.717) is 6.42 Å². The highest BCUT2D eigenvalue weighted by atomic mass is 16.5. The van der Waals surface area contributed by atoms with Crippen LogP contribution in [0.3, 0.4) is 0 Å². The highest BCUT2D eigenvalue weighted by Gasteiger charge is 2.17. The van der Waals surface area contributed by atoms with Gasteiger partial charge in [-0.1, -0.05) is 35.9 Å². The first-order chi connectivity index (χ1) is 9.93. The molecule has 21 heavy (non-hydrogen) atoms. The van der Waals surface area contributed by atoms with Gasteiger partial charge in [0.15, 0.2) is 0 Å². The topological polar surface area (TPSA) is 29.5 Å². The summed E-state index contributed by atoms with van der Waals surface area (Å²) < 4.78 is 5.51. The van der Waals surface area contributed by atoms with Crippen LogP contribution in [-0.2, 0) is 6.42 Å². The van der Waals surface area contributed by atoms with Crippen molar-refractivity contribution in [2.75, 3.05) is 7.11 Å². The van der Waals surface area contributed by atoms with Crippen molar-refractivity contribution in [3.05, 3.63) is 63.7 Å². The van der Waals surface area contributed by atoms with E-state index < -0.39 is 6.10 Å². The second-order valence-corrected chi connectivity index (χ2v) is 5.78. The molecule has 0 radical (unpaired) electrons. The zero-order valence-corrected chi connectivity index (χ0v) is 13.5. The van der Waals surface area contributed by atoms with Crippen LogP contribution < -0.4 is 4.74 Å². The van der Waals surface area contributed by atoms with Crippen LogP contribution in [0.4, 0.5) is 0 Å². The zero-order chi connectivity index (χ0) is 15.6. The van der Waals surface area contributed by atoms with E-state index in [0.717, 1.165) is 16.9 Å². The number of aliphatic hydroxyl groups is 1. The standard InChI is InChI=1S/C19H24O2/c1-12-6-7-14(3)16(10-12)11-18(20)17-9-8-13(2)15(4)19(17)21-5/h6-10,18,20H,11H2,1-5H3. The second kappa shape index (κ2) is 6.31. The molecule has 0 saturated heterocycles. The Balaban J connectivity index is 2.34. The second-order valence-electron chi connectivity index (χ2n) is 5.78. The fourth-order valence-electron chi connectivity index (χ4n) is 2.68. The van der Waals surface area contributed by atoms with Gasteiger partial charge in [0.05, 0.1) is 13.2 Å². The third-order valence-electron chi connectivity index (χ3n) is 4.19. The van der Waals surface area contributed by atoms with Gasteiger partial charge in [0, 0.05) is 12.0 Å². The molecule has 2 heteroatoms. The number of aliphatic hydroxyl groups excluding tert-OH is 1. The first-order valence-electron chi connectivity index (χ1n) is 7.32. The summed E-state index contributed by atoms with van der Waals surface area (Å²) in [6.07, 6.45) is 0.0478. The van der Waals surface area contributed by atoms with Crippen molar-refractivity contribution in [2.24, 2.45) is 0 Å². The molecule has 0 bridgehead atoms. The van der Waals surface area contributed by atoms with Gasteiger partial charge in [0.25, 0.3) is 0 Å².